The highest BCUT2D eigenvalue weighted by Gasteiger charge is 2.27. The van der Waals surface area contributed by atoms with Crippen LogP contribution < -0.4 is 25.3 Å². The number of hydrogen-bond acceptors (Lipinski definition) is 9. The van der Waals surface area contributed by atoms with E-state index in [9.17, 15) is 0 Å². The third-order valence-electron chi connectivity index (χ3n) is 4.68. The molecule has 1 atom stereocenters. The van der Waals surface area contributed by atoms with Crippen molar-refractivity contribution in [3.05, 3.63) is 51.3 Å². The predicted molar refractivity (Wildman–Crippen MR) is 125 cm³/mol. The number of anilines is 3. The summed E-state index contributed by atoms with van der Waals surface area (Å²) in [6.45, 7) is 0.449. The van der Waals surface area contributed by atoms with Crippen molar-refractivity contribution in [3.8, 4) is 17.2 Å². The normalized spacial score (nSPS) is 15.2. The molecule has 3 aromatic rings. The topological polar surface area (TPSA) is 100 Å². The van der Waals surface area contributed by atoms with E-state index in [1.807, 2.05) is 24.3 Å². The molecule has 31 heavy (non-hydrogen) atoms. The first-order valence-corrected chi connectivity index (χ1v) is 10.9. The van der Waals surface area contributed by atoms with Crippen LogP contribution in [0.15, 0.2) is 45.9 Å². The van der Waals surface area contributed by atoms with E-state index in [1.54, 1.807) is 33.5 Å². The number of nitrogens with two attached hydrogens (primary N) is 1. The van der Waals surface area contributed by atoms with Crippen molar-refractivity contribution in [2.45, 2.75) is 6.04 Å². The minimum atomic E-state index is -0.0985. The van der Waals surface area contributed by atoms with Gasteiger partial charge in [-0.25, -0.2) is 9.98 Å². The van der Waals surface area contributed by atoms with E-state index in [0.717, 1.165) is 15.7 Å². The SMILES string of the molecule is COc1cc(Nc2nc(N)c(C3=NC(c4ccccc4Br)CO3)s2)cc(OC)c1OC. The number of ether oxygens (including phenoxy) is 4. The lowest BCUT2D eigenvalue weighted by molar-refractivity contribution is 0.320. The van der Waals surface area contributed by atoms with Gasteiger partial charge in [0.2, 0.25) is 11.6 Å². The maximum Gasteiger partial charge on any atom is 0.231 e. The average molecular weight is 505 g/mol. The molecule has 1 aliphatic heterocycles. The molecule has 4 rings (SSSR count). The highest BCUT2D eigenvalue weighted by Crippen LogP contribution is 2.41. The molecular formula is C21H21BrN4O4S. The first kappa shape index (κ1) is 21.3. The van der Waals surface area contributed by atoms with Crippen LogP contribution in [0.25, 0.3) is 0 Å². The number of methoxy groups -OCH3 is 3. The van der Waals surface area contributed by atoms with E-state index in [2.05, 4.69) is 26.2 Å². The zero-order chi connectivity index (χ0) is 22.0. The van der Waals surface area contributed by atoms with Gasteiger partial charge >= 0.3 is 0 Å². The molecule has 0 amide bonds. The third kappa shape index (κ3) is 4.26. The summed E-state index contributed by atoms with van der Waals surface area (Å²) < 4.78 is 23.0. The molecule has 0 aliphatic carbocycles. The lowest BCUT2D eigenvalue weighted by Crippen LogP contribution is -2.02. The number of nitrogens with one attached hydrogen (secondary N) is 1. The van der Waals surface area contributed by atoms with Crippen LogP contribution in [0.3, 0.4) is 0 Å². The fourth-order valence-electron chi connectivity index (χ4n) is 3.22. The van der Waals surface area contributed by atoms with Crippen LogP contribution in [0.5, 0.6) is 17.2 Å². The minimum Gasteiger partial charge on any atom is -0.493 e. The quantitative estimate of drug-likeness (QED) is 0.477. The van der Waals surface area contributed by atoms with Crippen LogP contribution in [0, 0.1) is 0 Å². The first-order chi connectivity index (χ1) is 15.0. The number of nitrogens with zero attached hydrogens (tertiary/aromatic N) is 2. The van der Waals surface area contributed by atoms with Crippen LogP contribution in [0.1, 0.15) is 16.5 Å². The second kappa shape index (κ2) is 9.03. The van der Waals surface area contributed by atoms with Crippen LogP contribution in [-0.4, -0.2) is 38.8 Å². The lowest BCUT2D eigenvalue weighted by Gasteiger charge is -2.14. The van der Waals surface area contributed by atoms with E-state index >= 15 is 0 Å². The van der Waals surface area contributed by atoms with Gasteiger partial charge < -0.3 is 30.0 Å². The molecule has 8 nitrogen and oxygen atoms in total. The number of halogens is 1. The third-order valence-corrected chi connectivity index (χ3v) is 6.38. The second-order valence-electron chi connectivity index (χ2n) is 6.55. The van der Waals surface area contributed by atoms with Crippen molar-refractivity contribution in [2.75, 3.05) is 39.0 Å². The van der Waals surface area contributed by atoms with Gasteiger partial charge in [-0.3, -0.25) is 0 Å². The van der Waals surface area contributed by atoms with Crippen LogP contribution in [0.4, 0.5) is 16.6 Å². The van der Waals surface area contributed by atoms with Crippen LogP contribution in [0.2, 0.25) is 0 Å². The number of hydrogen-bond donors (Lipinski definition) is 2. The van der Waals surface area contributed by atoms with Gasteiger partial charge in [0, 0.05) is 22.3 Å². The first-order valence-electron chi connectivity index (χ1n) is 9.32. The van der Waals surface area contributed by atoms with Crippen molar-refractivity contribution in [1.82, 2.24) is 4.98 Å². The Balaban J connectivity index is 1.59. The van der Waals surface area contributed by atoms with E-state index in [0.29, 0.717) is 45.6 Å². The van der Waals surface area contributed by atoms with E-state index in [4.69, 9.17) is 29.7 Å². The monoisotopic (exact) mass is 504 g/mol. The number of benzene rings is 2. The zero-order valence-electron chi connectivity index (χ0n) is 17.1. The Morgan fingerprint density at radius 3 is 2.48 bits per heavy atom. The Bertz CT molecular complexity index is 1110. The summed E-state index contributed by atoms with van der Waals surface area (Å²) in [6, 6.07) is 11.5. The summed E-state index contributed by atoms with van der Waals surface area (Å²) in [5.74, 6) is 2.43. The van der Waals surface area contributed by atoms with Crippen molar-refractivity contribution in [2.24, 2.45) is 4.99 Å². The van der Waals surface area contributed by atoms with Gasteiger partial charge in [0.15, 0.2) is 16.6 Å². The van der Waals surface area contributed by atoms with Gasteiger partial charge in [0.1, 0.15) is 23.3 Å². The number of rotatable bonds is 7. The summed E-state index contributed by atoms with van der Waals surface area (Å²) in [5.41, 5.74) is 7.95. The van der Waals surface area contributed by atoms with Crippen molar-refractivity contribution in [3.63, 3.8) is 0 Å². The van der Waals surface area contributed by atoms with Crippen molar-refractivity contribution < 1.29 is 18.9 Å². The molecule has 0 bridgehead atoms. The number of aliphatic imine (C=N–C) groups is 1. The number of aromatic nitrogens is 1. The standard InChI is InChI=1S/C21H21BrN4O4S/c1-27-15-8-11(9-16(28-2)17(15)29-3)24-21-26-19(23)18(31-21)20-25-14(10-30-20)12-6-4-5-7-13(12)22/h4-9,14H,10,23H2,1-3H3,(H,24,26). The summed E-state index contributed by atoms with van der Waals surface area (Å²) in [5, 5.41) is 3.83. The van der Waals surface area contributed by atoms with E-state index < -0.39 is 0 Å². The van der Waals surface area contributed by atoms with Gasteiger partial charge in [-0.1, -0.05) is 45.5 Å². The summed E-state index contributed by atoms with van der Waals surface area (Å²) >= 11 is 4.94. The van der Waals surface area contributed by atoms with E-state index in [1.165, 1.54) is 11.3 Å². The van der Waals surface area contributed by atoms with Gasteiger partial charge in [0.05, 0.1) is 21.3 Å². The summed E-state index contributed by atoms with van der Waals surface area (Å²) in [4.78, 5) is 9.82. The molecule has 3 N–H and O–H groups in total. The van der Waals surface area contributed by atoms with Gasteiger partial charge in [-0.2, -0.15) is 0 Å². The largest absolute Gasteiger partial charge is 0.493 e. The molecule has 1 aliphatic rings. The Hall–Kier alpha value is -2.98. The van der Waals surface area contributed by atoms with Crippen LogP contribution in [-0.2, 0) is 4.74 Å². The predicted octanol–water partition coefficient (Wildman–Crippen LogP) is 4.78. The Morgan fingerprint density at radius 1 is 1.13 bits per heavy atom. The highest BCUT2D eigenvalue weighted by atomic mass is 79.9. The van der Waals surface area contributed by atoms with Crippen molar-refractivity contribution in [1.29, 1.82) is 0 Å². The molecule has 0 saturated carbocycles. The highest BCUT2D eigenvalue weighted by molar-refractivity contribution is 9.10. The van der Waals surface area contributed by atoms with Gasteiger partial charge in [-0.15, -0.1) is 0 Å². The molecule has 0 saturated heterocycles. The Labute approximate surface area is 192 Å². The molecule has 1 aromatic heterocycles. The van der Waals surface area contributed by atoms with Gasteiger partial charge in [-0.05, 0) is 11.6 Å². The molecule has 162 valence electrons. The lowest BCUT2D eigenvalue weighted by atomic mass is 10.1. The molecule has 2 heterocycles. The second-order valence-corrected chi connectivity index (χ2v) is 8.41. The Kier molecular flexibility index (Phi) is 6.19. The average Bonchev–Trinajstić information content (AvgIpc) is 3.39. The fraction of sp³-hybridized carbons (Fsp3) is 0.238. The fourth-order valence-corrected chi connectivity index (χ4v) is 4.62. The number of nitrogen functional groups attached to an aromatic ring is 1. The van der Waals surface area contributed by atoms with Crippen LogP contribution >= 0.6 is 27.3 Å². The molecule has 0 fully saturated rings. The zero-order valence-corrected chi connectivity index (χ0v) is 19.5. The maximum atomic E-state index is 6.17. The Morgan fingerprint density at radius 2 is 1.84 bits per heavy atom. The minimum absolute atomic E-state index is 0.0985. The van der Waals surface area contributed by atoms with Gasteiger partial charge in [0.25, 0.3) is 0 Å². The molecule has 0 radical (unpaired) electrons. The smallest absolute Gasteiger partial charge is 0.231 e. The maximum absolute atomic E-state index is 6.17. The molecule has 2 aromatic carbocycles. The molecule has 0 spiro atoms. The molecular weight excluding hydrogens is 484 g/mol. The molecule has 10 heteroatoms. The summed E-state index contributed by atoms with van der Waals surface area (Å²) in [7, 11) is 4.69. The molecule has 1 unspecified atom stereocenters. The van der Waals surface area contributed by atoms with E-state index in [-0.39, 0.29) is 6.04 Å². The van der Waals surface area contributed by atoms with Crippen molar-refractivity contribution >= 4 is 49.8 Å². The summed E-state index contributed by atoms with van der Waals surface area (Å²) in [6.07, 6.45) is 0. The number of thiazole rings is 1.